The molecule has 1 aromatic heterocycles. The first-order valence-corrected chi connectivity index (χ1v) is 6.85. The highest BCUT2D eigenvalue weighted by Gasteiger charge is 2.03. The summed E-state index contributed by atoms with van der Waals surface area (Å²) in [7, 11) is 0. The highest BCUT2D eigenvalue weighted by atomic mass is 19.1. The number of halogens is 1. The summed E-state index contributed by atoms with van der Waals surface area (Å²) >= 11 is 0. The van der Waals surface area contributed by atoms with Crippen LogP contribution in [0.5, 0.6) is 0 Å². The molecule has 1 heterocycles. The lowest BCUT2D eigenvalue weighted by atomic mass is 10.1. The molecule has 112 valence electrons. The summed E-state index contributed by atoms with van der Waals surface area (Å²) in [5.74, 6) is 0.336. The van der Waals surface area contributed by atoms with E-state index in [2.05, 4.69) is 5.32 Å². The van der Waals surface area contributed by atoms with Gasteiger partial charge >= 0.3 is 0 Å². The van der Waals surface area contributed by atoms with Gasteiger partial charge in [0.1, 0.15) is 18.2 Å². The number of rotatable bonds is 8. The van der Waals surface area contributed by atoms with E-state index in [0.29, 0.717) is 25.3 Å². The molecular weight excluding hydrogens is 273 g/mol. The fourth-order valence-corrected chi connectivity index (χ4v) is 1.86. The van der Waals surface area contributed by atoms with E-state index in [-0.39, 0.29) is 18.1 Å². The maximum Gasteiger partial charge on any atom is 0.224 e. The molecule has 4 nitrogen and oxygen atoms in total. The molecule has 0 aliphatic heterocycles. The van der Waals surface area contributed by atoms with Crippen molar-refractivity contribution in [3.05, 3.63) is 59.8 Å². The average molecular weight is 291 g/mol. The molecule has 0 aliphatic rings. The van der Waals surface area contributed by atoms with E-state index in [1.165, 1.54) is 12.1 Å². The average Bonchev–Trinajstić information content (AvgIpc) is 2.96. The number of benzene rings is 1. The van der Waals surface area contributed by atoms with E-state index in [1.807, 2.05) is 12.1 Å². The Bertz CT molecular complexity index is 554. The zero-order valence-electron chi connectivity index (χ0n) is 11.7. The van der Waals surface area contributed by atoms with Gasteiger partial charge in [0.15, 0.2) is 0 Å². The van der Waals surface area contributed by atoms with E-state index >= 15 is 0 Å². The lowest BCUT2D eigenvalue weighted by Crippen LogP contribution is -2.26. The summed E-state index contributed by atoms with van der Waals surface area (Å²) in [6, 6.07) is 9.71. The summed E-state index contributed by atoms with van der Waals surface area (Å²) < 4.78 is 23.5. The SMILES string of the molecule is O=C(Cc1cccc(F)c1)NCCCOCc1ccco1. The van der Waals surface area contributed by atoms with Crippen LogP contribution in [0.2, 0.25) is 0 Å². The van der Waals surface area contributed by atoms with E-state index in [9.17, 15) is 9.18 Å². The molecule has 1 amide bonds. The van der Waals surface area contributed by atoms with Crippen LogP contribution in [0.25, 0.3) is 0 Å². The van der Waals surface area contributed by atoms with Crippen LogP contribution >= 0.6 is 0 Å². The van der Waals surface area contributed by atoms with Crippen molar-refractivity contribution in [3.63, 3.8) is 0 Å². The number of furan rings is 1. The molecule has 0 atom stereocenters. The van der Waals surface area contributed by atoms with Crippen LogP contribution in [0.15, 0.2) is 47.1 Å². The molecule has 2 aromatic rings. The highest BCUT2D eigenvalue weighted by Crippen LogP contribution is 2.04. The Kier molecular flexibility index (Phi) is 5.97. The van der Waals surface area contributed by atoms with Gasteiger partial charge < -0.3 is 14.5 Å². The monoisotopic (exact) mass is 291 g/mol. The Morgan fingerprint density at radius 3 is 2.95 bits per heavy atom. The number of amides is 1. The van der Waals surface area contributed by atoms with Gasteiger partial charge in [-0.1, -0.05) is 12.1 Å². The van der Waals surface area contributed by atoms with Crippen molar-refractivity contribution in [3.8, 4) is 0 Å². The van der Waals surface area contributed by atoms with Gasteiger partial charge in [0.2, 0.25) is 5.91 Å². The van der Waals surface area contributed by atoms with Crippen LogP contribution < -0.4 is 5.32 Å². The van der Waals surface area contributed by atoms with Crippen molar-refractivity contribution < 1.29 is 18.3 Å². The minimum absolute atomic E-state index is 0.119. The van der Waals surface area contributed by atoms with Gasteiger partial charge in [0.05, 0.1) is 12.7 Å². The van der Waals surface area contributed by atoms with Gasteiger partial charge in [0.25, 0.3) is 0 Å². The Morgan fingerprint density at radius 1 is 1.29 bits per heavy atom. The van der Waals surface area contributed by atoms with Crippen molar-refractivity contribution in [2.24, 2.45) is 0 Å². The fourth-order valence-electron chi connectivity index (χ4n) is 1.86. The van der Waals surface area contributed by atoms with Crippen LogP contribution in [-0.4, -0.2) is 19.1 Å². The number of ether oxygens (including phenoxy) is 1. The predicted octanol–water partition coefficient (Wildman–Crippen LogP) is 2.68. The number of hydrogen-bond donors (Lipinski definition) is 1. The number of carbonyl (C=O) groups is 1. The summed E-state index contributed by atoms with van der Waals surface area (Å²) in [6.07, 6.45) is 2.51. The molecule has 0 spiro atoms. The first kappa shape index (κ1) is 15.3. The number of hydrogen-bond acceptors (Lipinski definition) is 3. The second-order valence-corrected chi connectivity index (χ2v) is 4.64. The second kappa shape index (κ2) is 8.21. The fraction of sp³-hybridized carbons (Fsp3) is 0.312. The van der Waals surface area contributed by atoms with Crippen LogP contribution in [0.1, 0.15) is 17.7 Å². The van der Waals surface area contributed by atoms with E-state index < -0.39 is 0 Å². The van der Waals surface area contributed by atoms with E-state index in [1.54, 1.807) is 18.4 Å². The lowest BCUT2D eigenvalue weighted by molar-refractivity contribution is -0.120. The summed E-state index contributed by atoms with van der Waals surface area (Å²) in [6.45, 7) is 1.51. The summed E-state index contributed by atoms with van der Waals surface area (Å²) in [5, 5.41) is 2.78. The van der Waals surface area contributed by atoms with Crippen molar-refractivity contribution in [2.45, 2.75) is 19.4 Å². The first-order valence-electron chi connectivity index (χ1n) is 6.85. The van der Waals surface area contributed by atoms with Gasteiger partial charge in [-0.05, 0) is 36.2 Å². The molecule has 21 heavy (non-hydrogen) atoms. The zero-order valence-corrected chi connectivity index (χ0v) is 11.7. The molecule has 0 saturated heterocycles. The maximum absolute atomic E-state index is 13.0. The normalized spacial score (nSPS) is 10.5. The zero-order chi connectivity index (χ0) is 14.9. The Morgan fingerprint density at radius 2 is 2.19 bits per heavy atom. The van der Waals surface area contributed by atoms with E-state index in [4.69, 9.17) is 9.15 Å². The minimum atomic E-state index is -0.327. The van der Waals surface area contributed by atoms with Crippen molar-refractivity contribution in [2.75, 3.05) is 13.2 Å². The minimum Gasteiger partial charge on any atom is -0.467 e. The van der Waals surface area contributed by atoms with Crippen LogP contribution in [0.4, 0.5) is 4.39 Å². The van der Waals surface area contributed by atoms with Gasteiger partial charge in [-0.2, -0.15) is 0 Å². The Balaban J connectivity index is 1.55. The van der Waals surface area contributed by atoms with Crippen LogP contribution in [0, 0.1) is 5.82 Å². The topological polar surface area (TPSA) is 51.5 Å². The van der Waals surface area contributed by atoms with Crippen LogP contribution in [0.3, 0.4) is 0 Å². The highest BCUT2D eigenvalue weighted by molar-refractivity contribution is 5.78. The summed E-state index contributed by atoms with van der Waals surface area (Å²) in [5.41, 5.74) is 0.668. The van der Waals surface area contributed by atoms with Gasteiger partial charge in [0, 0.05) is 13.2 Å². The third-order valence-electron chi connectivity index (χ3n) is 2.87. The third kappa shape index (κ3) is 5.79. The molecule has 0 unspecified atom stereocenters. The first-order chi connectivity index (χ1) is 10.2. The van der Waals surface area contributed by atoms with Crippen molar-refractivity contribution in [1.29, 1.82) is 0 Å². The molecule has 1 aromatic carbocycles. The molecule has 1 N–H and O–H groups in total. The molecular formula is C16H18FNO3. The second-order valence-electron chi connectivity index (χ2n) is 4.64. The molecule has 2 rings (SSSR count). The largest absolute Gasteiger partial charge is 0.467 e. The number of carbonyl (C=O) groups excluding carboxylic acids is 1. The summed E-state index contributed by atoms with van der Waals surface area (Å²) in [4.78, 5) is 11.7. The van der Waals surface area contributed by atoms with Gasteiger partial charge in [-0.15, -0.1) is 0 Å². The third-order valence-corrected chi connectivity index (χ3v) is 2.87. The van der Waals surface area contributed by atoms with Crippen LogP contribution in [-0.2, 0) is 22.6 Å². The number of nitrogens with one attached hydrogen (secondary N) is 1. The maximum atomic E-state index is 13.0. The molecule has 0 radical (unpaired) electrons. The molecule has 0 aliphatic carbocycles. The Hall–Kier alpha value is -2.14. The molecule has 5 heteroatoms. The Labute approximate surface area is 122 Å². The lowest BCUT2D eigenvalue weighted by Gasteiger charge is -2.06. The molecule has 0 saturated carbocycles. The van der Waals surface area contributed by atoms with Gasteiger partial charge in [-0.25, -0.2) is 4.39 Å². The molecule has 0 bridgehead atoms. The van der Waals surface area contributed by atoms with Gasteiger partial charge in [-0.3, -0.25) is 4.79 Å². The standard InChI is InChI=1S/C16H18FNO3/c17-14-5-1-4-13(10-14)11-16(19)18-7-3-8-20-12-15-6-2-9-21-15/h1-2,4-6,9-10H,3,7-8,11-12H2,(H,18,19). The smallest absolute Gasteiger partial charge is 0.224 e. The quantitative estimate of drug-likeness (QED) is 0.761. The van der Waals surface area contributed by atoms with Crippen molar-refractivity contribution in [1.82, 2.24) is 5.32 Å². The van der Waals surface area contributed by atoms with Crippen molar-refractivity contribution >= 4 is 5.91 Å². The molecule has 0 fully saturated rings. The predicted molar refractivity (Wildman–Crippen MR) is 76.1 cm³/mol. The van der Waals surface area contributed by atoms with E-state index in [0.717, 1.165) is 12.2 Å².